The van der Waals surface area contributed by atoms with Crippen LogP contribution in [0.15, 0.2) is 34.9 Å². The molecule has 1 heterocycles. The van der Waals surface area contributed by atoms with E-state index in [0.29, 0.717) is 4.47 Å². The van der Waals surface area contributed by atoms with Crippen LogP contribution in [0, 0.1) is 5.82 Å². The Bertz CT molecular complexity index is 506. The molecule has 0 fully saturated rings. The minimum absolute atomic E-state index is 0.297. The summed E-state index contributed by atoms with van der Waals surface area (Å²) in [6.07, 6.45) is 1.67. The molecule has 1 aromatic heterocycles. The standard InChI is InChI=1S/C11H12BrFN4/c1-17-10(2-3-15-17)11(16-14)7-4-8(12)6-9(13)5-7/h2-6,11,16H,14H2,1H3. The third-order valence-electron chi connectivity index (χ3n) is 2.54. The van der Waals surface area contributed by atoms with E-state index in [4.69, 9.17) is 5.84 Å². The molecule has 2 rings (SSSR count). The lowest BCUT2D eigenvalue weighted by Gasteiger charge is -2.17. The summed E-state index contributed by atoms with van der Waals surface area (Å²) < 4.78 is 15.7. The van der Waals surface area contributed by atoms with Crippen LogP contribution in [0.3, 0.4) is 0 Å². The van der Waals surface area contributed by atoms with Crippen molar-refractivity contribution in [3.8, 4) is 0 Å². The van der Waals surface area contributed by atoms with Gasteiger partial charge in [-0.2, -0.15) is 5.10 Å². The highest BCUT2D eigenvalue weighted by Crippen LogP contribution is 2.24. The summed E-state index contributed by atoms with van der Waals surface area (Å²) in [4.78, 5) is 0. The van der Waals surface area contributed by atoms with E-state index in [1.54, 1.807) is 10.9 Å². The molecule has 17 heavy (non-hydrogen) atoms. The fraction of sp³-hybridized carbons (Fsp3) is 0.182. The van der Waals surface area contributed by atoms with Gasteiger partial charge in [-0.05, 0) is 29.8 Å². The Labute approximate surface area is 107 Å². The van der Waals surface area contributed by atoms with Crippen LogP contribution in [0.25, 0.3) is 0 Å². The molecule has 1 aromatic carbocycles. The van der Waals surface area contributed by atoms with Crippen molar-refractivity contribution in [1.29, 1.82) is 0 Å². The van der Waals surface area contributed by atoms with Crippen LogP contribution in [0.5, 0.6) is 0 Å². The van der Waals surface area contributed by atoms with Gasteiger partial charge in [0.1, 0.15) is 5.82 Å². The van der Waals surface area contributed by atoms with Crippen molar-refractivity contribution >= 4 is 15.9 Å². The Morgan fingerprint density at radius 3 is 2.76 bits per heavy atom. The van der Waals surface area contributed by atoms with Crippen molar-refractivity contribution in [3.05, 3.63) is 52.0 Å². The molecule has 1 atom stereocenters. The Balaban J connectivity index is 2.45. The first kappa shape index (κ1) is 12.2. The number of hydrogen-bond donors (Lipinski definition) is 2. The lowest BCUT2D eigenvalue weighted by atomic mass is 10.0. The normalized spacial score (nSPS) is 12.7. The summed E-state index contributed by atoms with van der Waals surface area (Å²) in [5, 5.41) is 4.07. The number of halogens is 2. The van der Waals surface area contributed by atoms with Gasteiger partial charge in [0.25, 0.3) is 0 Å². The molecular weight excluding hydrogens is 287 g/mol. The van der Waals surface area contributed by atoms with E-state index in [-0.39, 0.29) is 11.9 Å². The van der Waals surface area contributed by atoms with Gasteiger partial charge in [-0.25, -0.2) is 9.82 Å². The van der Waals surface area contributed by atoms with Gasteiger partial charge in [-0.1, -0.05) is 15.9 Å². The molecule has 0 aliphatic carbocycles. The van der Waals surface area contributed by atoms with E-state index in [9.17, 15) is 4.39 Å². The van der Waals surface area contributed by atoms with Crippen molar-refractivity contribution < 1.29 is 4.39 Å². The minimum atomic E-state index is -0.309. The fourth-order valence-electron chi connectivity index (χ4n) is 1.76. The average Bonchev–Trinajstić information content (AvgIpc) is 2.65. The van der Waals surface area contributed by atoms with E-state index in [2.05, 4.69) is 26.5 Å². The first-order valence-corrected chi connectivity index (χ1v) is 5.81. The molecule has 1 unspecified atom stereocenters. The van der Waals surface area contributed by atoms with Crippen molar-refractivity contribution in [2.75, 3.05) is 0 Å². The van der Waals surface area contributed by atoms with Crippen molar-refractivity contribution in [1.82, 2.24) is 15.2 Å². The second kappa shape index (κ2) is 4.95. The molecule has 2 aromatic rings. The highest BCUT2D eigenvalue weighted by molar-refractivity contribution is 9.10. The van der Waals surface area contributed by atoms with Gasteiger partial charge in [-0.3, -0.25) is 10.5 Å². The number of nitrogens with zero attached hydrogens (tertiary/aromatic N) is 2. The van der Waals surface area contributed by atoms with Crippen LogP contribution in [-0.4, -0.2) is 9.78 Å². The molecule has 0 aliphatic heterocycles. The molecule has 0 saturated heterocycles. The molecular formula is C11H12BrFN4. The first-order chi connectivity index (χ1) is 8.11. The largest absolute Gasteiger partial charge is 0.271 e. The van der Waals surface area contributed by atoms with Gasteiger partial charge in [0.15, 0.2) is 0 Å². The van der Waals surface area contributed by atoms with Gasteiger partial charge in [0.05, 0.1) is 11.7 Å². The average molecular weight is 299 g/mol. The van der Waals surface area contributed by atoms with Gasteiger partial charge in [-0.15, -0.1) is 0 Å². The molecule has 6 heteroatoms. The summed E-state index contributed by atoms with van der Waals surface area (Å²) in [7, 11) is 1.81. The summed E-state index contributed by atoms with van der Waals surface area (Å²) in [6, 6.07) is 6.21. The van der Waals surface area contributed by atoms with Gasteiger partial charge >= 0.3 is 0 Å². The highest BCUT2D eigenvalue weighted by atomic mass is 79.9. The summed E-state index contributed by atoms with van der Waals surface area (Å²) in [5.74, 6) is 5.23. The third-order valence-corrected chi connectivity index (χ3v) is 3.00. The van der Waals surface area contributed by atoms with Gasteiger partial charge in [0.2, 0.25) is 0 Å². The molecule has 4 nitrogen and oxygen atoms in total. The zero-order valence-electron chi connectivity index (χ0n) is 9.19. The Hall–Kier alpha value is -1.24. The van der Waals surface area contributed by atoms with E-state index in [1.807, 2.05) is 19.2 Å². The molecule has 0 bridgehead atoms. The monoisotopic (exact) mass is 298 g/mol. The lowest BCUT2D eigenvalue weighted by molar-refractivity contribution is 0.566. The van der Waals surface area contributed by atoms with E-state index in [0.717, 1.165) is 11.3 Å². The summed E-state index contributed by atoms with van der Waals surface area (Å²) >= 11 is 3.26. The molecule has 0 aliphatic rings. The Morgan fingerprint density at radius 2 is 2.24 bits per heavy atom. The number of hydrogen-bond acceptors (Lipinski definition) is 3. The number of nitrogens with one attached hydrogen (secondary N) is 1. The van der Waals surface area contributed by atoms with E-state index in [1.165, 1.54) is 12.1 Å². The molecule has 3 N–H and O–H groups in total. The van der Waals surface area contributed by atoms with Gasteiger partial charge < -0.3 is 0 Å². The van der Waals surface area contributed by atoms with E-state index >= 15 is 0 Å². The Kier molecular flexibility index (Phi) is 3.56. The van der Waals surface area contributed by atoms with Crippen LogP contribution in [0.4, 0.5) is 4.39 Å². The summed E-state index contributed by atoms with van der Waals surface area (Å²) in [6.45, 7) is 0. The number of nitrogens with two attached hydrogens (primary N) is 1. The SMILES string of the molecule is Cn1nccc1C(NN)c1cc(F)cc(Br)c1. The molecule has 0 amide bonds. The lowest BCUT2D eigenvalue weighted by Crippen LogP contribution is -2.30. The second-order valence-corrected chi connectivity index (χ2v) is 4.60. The number of benzene rings is 1. The van der Waals surface area contributed by atoms with Crippen LogP contribution < -0.4 is 11.3 Å². The van der Waals surface area contributed by atoms with Crippen LogP contribution in [0.1, 0.15) is 17.3 Å². The van der Waals surface area contributed by atoms with Crippen molar-refractivity contribution in [2.45, 2.75) is 6.04 Å². The van der Waals surface area contributed by atoms with Crippen LogP contribution >= 0.6 is 15.9 Å². The first-order valence-electron chi connectivity index (χ1n) is 5.02. The minimum Gasteiger partial charge on any atom is -0.271 e. The highest BCUT2D eigenvalue weighted by Gasteiger charge is 2.16. The quantitative estimate of drug-likeness (QED) is 0.672. The number of hydrazine groups is 1. The second-order valence-electron chi connectivity index (χ2n) is 3.68. The number of aromatic nitrogens is 2. The maximum Gasteiger partial charge on any atom is 0.124 e. The van der Waals surface area contributed by atoms with Crippen LogP contribution in [0.2, 0.25) is 0 Å². The van der Waals surface area contributed by atoms with Crippen LogP contribution in [-0.2, 0) is 7.05 Å². The van der Waals surface area contributed by atoms with Crippen molar-refractivity contribution in [2.24, 2.45) is 12.9 Å². The summed E-state index contributed by atoms with van der Waals surface area (Å²) in [5.41, 5.74) is 4.27. The Morgan fingerprint density at radius 1 is 1.47 bits per heavy atom. The van der Waals surface area contributed by atoms with E-state index < -0.39 is 0 Å². The maximum absolute atomic E-state index is 13.3. The molecule has 90 valence electrons. The van der Waals surface area contributed by atoms with Crippen molar-refractivity contribution in [3.63, 3.8) is 0 Å². The molecule has 0 saturated carbocycles. The molecule has 0 spiro atoms. The topological polar surface area (TPSA) is 55.9 Å². The zero-order valence-corrected chi connectivity index (χ0v) is 10.8. The smallest absolute Gasteiger partial charge is 0.124 e. The predicted octanol–water partition coefficient (Wildman–Crippen LogP) is 1.87. The maximum atomic E-state index is 13.3. The number of rotatable bonds is 3. The molecule has 0 radical (unpaired) electrons. The number of aryl methyl sites for hydroxylation is 1. The fourth-order valence-corrected chi connectivity index (χ4v) is 2.24. The third kappa shape index (κ3) is 2.54. The predicted molar refractivity (Wildman–Crippen MR) is 66.5 cm³/mol. The zero-order chi connectivity index (χ0) is 12.4. The van der Waals surface area contributed by atoms with Gasteiger partial charge in [0, 0.05) is 17.7 Å².